The zero-order valence-corrected chi connectivity index (χ0v) is 15.0. The summed E-state index contributed by atoms with van der Waals surface area (Å²) < 4.78 is 29.6. The zero-order chi connectivity index (χ0) is 18.5. The van der Waals surface area contributed by atoms with Gasteiger partial charge in [0.25, 0.3) is 5.91 Å². The minimum absolute atomic E-state index is 0.0103. The Hall–Kier alpha value is -2.54. The first-order valence-electron chi connectivity index (χ1n) is 8.31. The smallest absolute Gasteiger partial charge is 0.387 e. The molecule has 0 fully saturated rings. The summed E-state index contributed by atoms with van der Waals surface area (Å²) in [5.74, 6) is -0.338. The molecule has 0 aliphatic rings. The number of unbranched alkanes of at least 4 members (excludes halogenated alkanes) is 1. The molecule has 0 atom stereocenters. The van der Waals surface area contributed by atoms with E-state index in [1.54, 1.807) is 0 Å². The maximum absolute atomic E-state index is 12.3. The molecule has 1 amide bonds. The molecule has 0 saturated carbocycles. The van der Waals surface area contributed by atoms with Gasteiger partial charge in [0.2, 0.25) is 0 Å². The van der Waals surface area contributed by atoms with Crippen molar-refractivity contribution in [2.75, 3.05) is 5.32 Å². The normalized spacial score (nSPS) is 11.1. The van der Waals surface area contributed by atoms with E-state index in [2.05, 4.69) is 34.1 Å². The number of benzene rings is 2. The SMILES string of the molecule is CCCCc1ccc2nc(NC(=O)c3ccc(OC(F)F)cc3)sc2c1. The number of nitrogens with one attached hydrogen (secondary N) is 1. The number of hydrogen-bond acceptors (Lipinski definition) is 4. The van der Waals surface area contributed by atoms with Gasteiger partial charge in [0, 0.05) is 5.56 Å². The fourth-order valence-electron chi connectivity index (χ4n) is 2.52. The summed E-state index contributed by atoms with van der Waals surface area (Å²) in [5.41, 5.74) is 2.44. The number of alkyl halides is 2. The Morgan fingerprint density at radius 1 is 1.23 bits per heavy atom. The molecule has 0 bridgehead atoms. The van der Waals surface area contributed by atoms with Crippen LogP contribution in [0, 0.1) is 0 Å². The van der Waals surface area contributed by atoms with E-state index in [0.29, 0.717) is 10.7 Å². The lowest BCUT2D eigenvalue weighted by atomic mass is 10.1. The van der Waals surface area contributed by atoms with E-state index < -0.39 is 6.61 Å². The van der Waals surface area contributed by atoms with Crippen LogP contribution in [0.25, 0.3) is 10.2 Å². The number of thiazole rings is 1. The maximum Gasteiger partial charge on any atom is 0.387 e. The Labute approximate surface area is 153 Å². The topological polar surface area (TPSA) is 51.2 Å². The average molecular weight is 376 g/mol. The van der Waals surface area contributed by atoms with Gasteiger partial charge in [-0.25, -0.2) is 4.98 Å². The van der Waals surface area contributed by atoms with Crippen LogP contribution < -0.4 is 10.1 Å². The number of hydrogen-bond donors (Lipinski definition) is 1. The molecule has 26 heavy (non-hydrogen) atoms. The zero-order valence-electron chi connectivity index (χ0n) is 14.2. The second-order valence-electron chi connectivity index (χ2n) is 5.78. The highest BCUT2D eigenvalue weighted by atomic mass is 32.1. The van der Waals surface area contributed by atoms with E-state index in [1.165, 1.54) is 41.2 Å². The minimum Gasteiger partial charge on any atom is -0.435 e. The highest BCUT2D eigenvalue weighted by molar-refractivity contribution is 7.22. The summed E-state index contributed by atoms with van der Waals surface area (Å²) in [6, 6.07) is 11.7. The minimum atomic E-state index is -2.89. The maximum atomic E-state index is 12.3. The lowest BCUT2D eigenvalue weighted by Crippen LogP contribution is -2.11. The van der Waals surface area contributed by atoms with Crippen molar-refractivity contribution in [3.63, 3.8) is 0 Å². The van der Waals surface area contributed by atoms with Crippen LogP contribution in [0.2, 0.25) is 0 Å². The summed E-state index contributed by atoms with van der Waals surface area (Å²) in [6.07, 6.45) is 3.31. The van der Waals surface area contributed by atoms with Gasteiger partial charge in [-0.1, -0.05) is 30.7 Å². The van der Waals surface area contributed by atoms with E-state index in [-0.39, 0.29) is 11.7 Å². The van der Waals surface area contributed by atoms with Gasteiger partial charge in [0.05, 0.1) is 10.2 Å². The third-order valence-electron chi connectivity index (χ3n) is 3.83. The van der Waals surface area contributed by atoms with Gasteiger partial charge in [-0.3, -0.25) is 10.1 Å². The number of aromatic nitrogens is 1. The molecule has 1 heterocycles. The molecule has 3 aromatic rings. The van der Waals surface area contributed by atoms with Crippen molar-refractivity contribution in [2.45, 2.75) is 32.8 Å². The second-order valence-corrected chi connectivity index (χ2v) is 6.81. The van der Waals surface area contributed by atoms with Crippen molar-refractivity contribution in [3.05, 3.63) is 53.6 Å². The van der Waals surface area contributed by atoms with Crippen molar-refractivity contribution < 1.29 is 18.3 Å². The standard InChI is InChI=1S/C19H18F2N2O2S/c1-2-3-4-12-5-10-15-16(11-12)26-19(22-15)23-17(24)13-6-8-14(9-7-13)25-18(20)21/h5-11,18H,2-4H2,1H3,(H,22,23,24). The van der Waals surface area contributed by atoms with Crippen LogP contribution in [0.1, 0.15) is 35.7 Å². The van der Waals surface area contributed by atoms with E-state index in [1.807, 2.05) is 6.07 Å². The van der Waals surface area contributed by atoms with Crippen LogP contribution in [-0.4, -0.2) is 17.5 Å². The quantitative estimate of drug-likeness (QED) is 0.593. The molecular weight excluding hydrogens is 358 g/mol. The number of anilines is 1. The van der Waals surface area contributed by atoms with E-state index in [0.717, 1.165) is 29.5 Å². The van der Waals surface area contributed by atoms with Gasteiger partial charge in [-0.05, 0) is 54.8 Å². The van der Waals surface area contributed by atoms with E-state index >= 15 is 0 Å². The Balaban J connectivity index is 1.70. The molecule has 1 N–H and O–H groups in total. The van der Waals surface area contributed by atoms with Crippen molar-refractivity contribution in [2.24, 2.45) is 0 Å². The van der Waals surface area contributed by atoms with Gasteiger partial charge in [-0.15, -0.1) is 0 Å². The van der Waals surface area contributed by atoms with Gasteiger partial charge in [-0.2, -0.15) is 8.78 Å². The number of nitrogens with zero attached hydrogens (tertiary/aromatic N) is 1. The molecule has 0 saturated heterocycles. The predicted octanol–water partition coefficient (Wildman–Crippen LogP) is 5.49. The predicted molar refractivity (Wildman–Crippen MR) is 99.3 cm³/mol. The Morgan fingerprint density at radius 3 is 2.69 bits per heavy atom. The lowest BCUT2D eigenvalue weighted by Gasteiger charge is -2.05. The molecule has 0 radical (unpaired) electrons. The van der Waals surface area contributed by atoms with Gasteiger partial charge in [0.15, 0.2) is 5.13 Å². The first-order valence-corrected chi connectivity index (χ1v) is 9.12. The number of amides is 1. The number of ether oxygens (including phenoxy) is 1. The second kappa shape index (κ2) is 8.23. The molecule has 0 aliphatic carbocycles. The summed E-state index contributed by atoms with van der Waals surface area (Å²) in [6.45, 7) is -0.731. The number of carbonyl (C=O) groups excluding carboxylic acids is 1. The molecule has 136 valence electrons. The Morgan fingerprint density at radius 2 is 2.00 bits per heavy atom. The summed E-state index contributed by atoms with van der Waals surface area (Å²) in [4.78, 5) is 16.7. The Kier molecular flexibility index (Phi) is 5.78. The molecule has 4 nitrogen and oxygen atoms in total. The van der Waals surface area contributed by atoms with E-state index in [9.17, 15) is 13.6 Å². The molecule has 1 aromatic heterocycles. The lowest BCUT2D eigenvalue weighted by molar-refractivity contribution is -0.0498. The monoisotopic (exact) mass is 376 g/mol. The largest absolute Gasteiger partial charge is 0.435 e. The van der Waals surface area contributed by atoms with Crippen LogP contribution in [-0.2, 0) is 6.42 Å². The van der Waals surface area contributed by atoms with Crippen LogP contribution in [0.15, 0.2) is 42.5 Å². The average Bonchev–Trinajstić information content (AvgIpc) is 3.01. The first kappa shape index (κ1) is 18.3. The van der Waals surface area contributed by atoms with Crippen molar-refractivity contribution >= 4 is 32.6 Å². The fourth-order valence-corrected chi connectivity index (χ4v) is 3.44. The first-order chi connectivity index (χ1) is 12.5. The summed E-state index contributed by atoms with van der Waals surface area (Å²) >= 11 is 1.41. The third kappa shape index (κ3) is 4.54. The third-order valence-corrected chi connectivity index (χ3v) is 4.77. The number of aryl methyl sites for hydroxylation is 1. The number of carbonyl (C=O) groups is 1. The fraction of sp³-hybridized carbons (Fsp3) is 0.263. The van der Waals surface area contributed by atoms with Crippen LogP contribution in [0.3, 0.4) is 0 Å². The van der Waals surface area contributed by atoms with Crippen LogP contribution in [0.5, 0.6) is 5.75 Å². The van der Waals surface area contributed by atoms with Gasteiger partial charge in [0.1, 0.15) is 5.75 Å². The van der Waals surface area contributed by atoms with E-state index in [4.69, 9.17) is 0 Å². The summed E-state index contributed by atoms with van der Waals surface area (Å²) in [7, 11) is 0. The van der Waals surface area contributed by atoms with Gasteiger partial charge >= 0.3 is 6.61 Å². The Bertz CT molecular complexity index is 894. The van der Waals surface area contributed by atoms with Crippen molar-refractivity contribution in [1.29, 1.82) is 0 Å². The molecular formula is C19H18F2N2O2S. The molecule has 0 spiro atoms. The van der Waals surface area contributed by atoms with Crippen LogP contribution in [0.4, 0.5) is 13.9 Å². The molecule has 3 rings (SSSR count). The highest BCUT2D eigenvalue weighted by Gasteiger charge is 2.11. The summed E-state index contributed by atoms with van der Waals surface area (Å²) in [5, 5.41) is 3.26. The molecule has 7 heteroatoms. The number of rotatable bonds is 7. The van der Waals surface area contributed by atoms with Gasteiger partial charge < -0.3 is 4.74 Å². The van der Waals surface area contributed by atoms with Crippen molar-refractivity contribution in [1.82, 2.24) is 4.98 Å². The number of halogens is 2. The van der Waals surface area contributed by atoms with Crippen LogP contribution >= 0.6 is 11.3 Å². The highest BCUT2D eigenvalue weighted by Crippen LogP contribution is 2.28. The molecule has 2 aromatic carbocycles. The van der Waals surface area contributed by atoms with Crippen molar-refractivity contribution in [3.8, 4) is 5.75 Å². The molecule has 0 aliphatic heterocycles. The molecule has 0 unspecified atom stereocenters. The number of fused-ring (bicyclic) bond motifs is 1.